The third-order valence-electron chi connectivity index (χ3n) is 4.20. The van der Waals surface area contributed by atoms with Crippen molar-refractivity contribution in [3.8, 4) is 0 Å². The Hall–Kier alpha value is -0.570. The first-order valence-corrected chi connectivity index (χ1v) is 7.28. The van der Waals surface area contributed by atoms with Crippen LogP contribution in [0.15, 0.2) is 6.20 Å². The predicted molar refractivity (Wildman–Crippen MR) is 74.8 cm³/mol. The predicted octanol–water partition coefficient (Wildman–Crippen LogP) is 4.50. The van der Waals surface area contributed by atoms with Gasteiger partial charge < -0.3 is 9.55 Å². The zero-order valence-corrected chi connectivity index (χ0v) is 12.0. The lowest BCUT2D eigenvalue weighted by molar-refractivity contribution is 0.225. The summed E-state index contributed by atoms with van der Waals surface area (Å²) in [6, 6.07) is 0. The van der Waals surface area contributed by atoms with Crippen molar-refractivity contribution in [1.82, 2.24) is 9.55 Å². The highest BCUT2D eigenvalue weighted by Gasteiger charge is 2.22. The summed E-state index contributed by atoms with van der Waals surface area (Å²) in [5, 5.41) is 0. The molecule has 1 saturated carbocycles. The van der Waals surface area contributed by atoms with Crippen molar-refractivity contribution >= 4 is 12.2 Å². The molecule has 0 spiro atoms. The molecule has 0 bridgehead atoms. The zero-order valence-electron chi connectivity index (χ0n) is 11.2. The quantitative estimate of drug-likeness (QED) is 0.786. The zero-order chi connectivity index (χ0) is 12.4. The van der Waals surface area contributed by atoms with Crippen LogP contribution < -0.4 is 0 Å². The Morgan fingerprint density at radius 2 is 2.12 bits per heavy atom. The van der Waals surface area contributed by atoms with Gasteiger partial charge in [-0.3, -0.25) is 0 Å². The van der Waals surface area contributed by atoms with Gasteiger partial charge >= 0.3 is 0 Å². The van der Waals surface area contributed by atoms with E-state index in [1.165, 1.54) is 31.4 Å². The molecule has 0 amide bonds. The standard InChI is InChI=1S/C14H24N2S/c1-10(2)13-8-15-14(17)16(13)9-12-7-5-4-6-11(12)3/h8,10-12H,4-7,9H2,1-3H3,(H,15,17). The van der Waals surface area contributed by atoms with Crippen LogP contribution in [0, 0.1) is 16.6 Å². The van der Waals surface area contributed by atoms with E-state index in [1.54, 1.807) is 0 Å². The van der Waals surface area contributed by atoms with Crippen molar-refractivity contribution in [3.63, 3.8) is 0 Å². The first-order chi connectivity index (χ1) is 8.09. The van der Waals surface area contributed by atoms with E-state index in [4.69, 9.17) is 12.2 Å². The normalized spacial score (nSPS) is 25.4. The molecule has 1 heterocycles. The van der Waals surface area contributed by atoms with Crippen LogP contribution in [0.25, 0.3) is 0 Å². The Morgan fingerprint density at radius 1 is 1.41 bits per heavy atom. The summed E-state index contributed by atoms with van der Waals surface area (Å²) in [7, 11) is 0. The minimum absolute atomic E-state index is 0.543. The summed E-state index contributed by atoms with van der Waals surface area (Å²) in [6.07, 6.45) is 7.64. The molecular weight excluding hydrogens is 228 g/mol. The van der Waals surface area contributed by atoms with Crippen LogP contribution >= 0.6 is 12.2 Å². The van der Waals surface area contributed by atoms with Crippen molar-refractivity contribution in [2.45, 2.75) is 58.9 Å². The first kappa shape index (κ1) is 12.9. The number of hydrogen-bond donors (Lipinski definition) is 1. The second kappa shape index (κ2) is 5.38. The summed E-state index contributed by atoms with van der Waals surface area (Å²) in [6.45, 7) is 7.98. The highest BCUT2D eigenvalue weighted by Crippen LogP contribution is 2.31. The van der Waals surface area contributed by atoms with E-state index >= 15 is 0 Å². The Morgan fingerprint density at radius 3 is 2.76 bits per heavy atom. The smallest absolute Gasteiger partial charge is 0.177 e. The van der Waals surface area contributed by atoms with Crippen LogP contribution in [0.1, 0.15) is 58.1 Å². The lowest BCUT2D eigenvalue weighted by atomic mass is 9.80. The first-order valence-electron chi connectivity index (χ1n) is 6.87. The summed E-state index contributed by atoms with van der Waals surface area (Å²) in [5.74, 6) is 2.20. The van der Waals surface area contributed by atoms with Gasteiger partial charge in [0, 0.05) is 18.4 Å². The summed E-state index contributed by atoms with van der Waals surface area (Å²) in [5.41, 5.74) is 1.35. The Kier molecular flexibility index (Phi) is 4.08. The highest BCUT2D eigenvalue weighted by atomic mass is 32.1. The molecule has 0 saturated heterocycles. The van der Waals surface area contributed by atoms with E-state index in [-0.39, 0.29) is 0 Å². The summed E-state index contributed by atoms with van der Waals surface area (Å²) >= 11 is 5.41. The second-order valence-corrected chi connectivity index (χ2v) is 6.19. The molecule has 1 aromatic heterocycles. The molecule has 1 fully saturated rings. The number of nitrogens with one attached hydrogen (secondary N) is 1. The van der Waals surface area contributed by atoms with Crippen molar-refractivity contribution < 1.29 is 0 Å². The van der Waals surface area contributed by atoms with Crippen LogP contribution in [0.4, 0.5) is 0 Å². The van der Waals surface area contributed by atoms with Crippen LogP contribution in [0.2, 0.25) is 0 Å². The van der Waals surface area contributed by atoms with Crippen LogP contribution in [0.5, 0.6) is 0 Å². The molecule has 17 heavy (non-hydrogen) atoms. The fourth-order valence-corrected chi connectivity index (χ4v) is 3.21. The molecule has 2 nitrogen and oxygen atoms in total. The number of aromatic nitrogens is 2. The van der Waals surface area contributed by atoms with E-state index in [0.717, 1.165) is 23.2 Å². The van der Waals surface area contributed by atoms with Gasteiger partial charge in [-0.05, 0) is 36.4 Å². The van der Waals surface area contributed by atoms with E-state index in [0.29, 0.717) is 5.92 Å². The van der Waals surface area contributed by atoms with Gasteiger partial charge in [-0.25, -0.2) is 0 Å². The van der Waals surface area contributed by atoms with Crippen molar-refractivity contribution in [2.24, 2.45) is 11.8 Å². The van der Waals surface area contributed by atoms with Gasteiger partial charge in [-0.2, -0.15) is 0 Å². The molecule has 2 unspecified atom stereocenters. The maximum Gasteiger partial charge on any atom is 0.177 e. The highest BCUT2D eigenvalue weighted by molar-refractivity contribution is 7.71. The molecule has 1 N–H and O–H groups in total. The molecule has 96 valence electrons. The molecule has 0 radical (unpaired) electrons. The molecule has 0 aromatic carbocycles. The topological polar surface area (TPSA) is 20.7 Å². The molecule has 0 aliphatic heterocycles. The van der Waals surface area contributed by atoms with Gasteiger partial charge in [0.25, 0.3) is 0 Å². The van der Waals surface area contributed by atoms with Gasteiger partial charge in [-0.15, -0.1) is 0 Å². The fourth-order valence-electron chi connectivity index (χ4n) is 2.97. The number of aromatic amines is 1. The number of rotatable bonds is 3. The second-order valence-electron chi connectivity index (χ2n) is 5.81. The van der Waals surface area contributed by atoms with Crippen LogP contribution in [-0.4, -0.2) is 9.55 Å². The average Bonchev–Trinajstić information content (AvgIpc) is 2.64. The van der Waals surface area contributed by atoms with Crippen molar-refractivity contribution in [1.29, 1.82) is 0 Å². The number of H-pyrrole nitrogens is 1. The van der Waals surface area contributed by atoms with Gasteiger partial charge in [0.1, 0.15) is 0 Å². The third kappa shape index (κ3) is 2.82. The van der Waals surface area contributed by atoms with E-state index in [1.807, 2.05) is 0 Å². The number of nitrogens with zero attached hydrogens (tertiary/aromatic N) is 1. The van der Waals surface area contributed by atoms with Crippen LogP contribution in [0.3, 0.4) is 0 Å². The average molecular weight is 252 g/mol. The Labute approximate surface area is 109 Å². The van der Waals surface area contributed by atoms with Gasteiger partial charge in [0.2, 0.25) is 0 Å². The molecule has 1 aliphatic carbocycles. The van der Waals surface area contributed by atoms with E-state index in [2.05, 4.69) is 36.5 Å². The molecule has 3 heteroatoms. The maximum absolute atomic E-state index is 5.41. The largest absolute Gasteiger partial charge is 0.337 e. The van der Waals surface area contributed by atoms with Crippen molar-refractivity contribution in [3.05, 3.63) is 16.7 Å². The SMILES string of the molecule is CC(C)c1c[nH]c(=S)n1CC1CCCCC1C. The minimum Gasteiger partial charge on any atom is -0.337 e. The van der Waals surface area contributed by atoms with Gasteiger partial charge in [-0.1, -0.05) is 40.0 Å². The van der Waals surface area contributed by atoms with Crippen molar-refractivity contribution in [2.75, 3.05) is 0 Å². The molecule has 2 rings (SSSR count). The number of hydrogen-bond acceptors (Lipinski definition) is 1. The molecule has 1 aromatic rings. The van der Waals surface area contributed by atoms with Gasteiger partial charge in [0.15, 0.2) is 4.77 Å². The molecular formula is C14H24N2S. The Bertz CT molecular complexity index is 416. The maximum atomic E-state index is 5.41. The lowest BCUT2D eigenvalue weighted by Crippen LogP contribution is -2.23. The Balaban J connectivity index is 2.17. The summed E-state index contributed by atoms with van der Waals surface area (Å²) in [4.78, 5) is 3.20. The van der Waals surface area contributed by atoms with Gasteiger partial charge in [0.05, 0.1) is 0 Å². The molecule has 1 aliphatic rings. The molecule has 2 atom stereocenters. The van der Waals surface area contributed by atoms with Crippen LogP contribution in [-0.2, 0) is 6.54 Å². The number of imidazole rings is 1. The van der Waals surface area contributed by atoms with E-state index < -0.39 is 0 Å². The third-order valence-corrected chi connectivity index (χ3v) is 4.54. The summed E-state index contributed by atoms with van der Waals surface area (Å²) < 4.78 is 3.22. The monoisotopic (exact) mass is 252 g/mol. The minimum atomic E-state index is 0.543. The fraction of sp³-hybridized carbons (Fsp3) is 0.786. The van der Waals surface area contributed by atoms with E-state index in [9.17, 15) is 0 Å². The lowest BCUT2D eigenvalue weighted by Gasteiger charge is -2.29.